The molecule has 0 N–H and O–H groups in total. The summed E-state index contributed by atoms with van der Waals surface area (Å²) in [5.41, 5.74) is 1.03. The molecule has 0 fully saturated rings. The number of hydrogen-bond acceptors (Lipinski definition) is 3. The van der Waals surface area contributed by atoms with Gasteiger partial charge >= 0.3 is 0 Å². The van der Waals surface area contributed by atoms with Crippen LogP contribution in [0.3, 0.4) is 0 Å². The molecule has 0 bridgehead atoms. The Labute approximate surface area is 108 Å². The fourth-order valence-corrected chi connectivity index (χ4v) is 2.44. The van der Waals surface area contributed by atoms with Crippen molar-refractivity contribution >= 4 is 11.6 Å². The molecule has 5 heteroatoms. The zero-order valence-electron chi connectivity index (χ0n) is 10.3. The van der Waals surface area contributed by atoms with Crippen LogP contribution in [-0.2, 0) is 13.5 Å². The van der Waals surface area contributed by atoms with Crippen molar-refractivity contribution in [2.45, 2.75) is 6.42 Å². The van der Waals surface area contributed by atoms with E-state index in [1.165, 1.54) is 24.4 Å². The molecule has 96 valence electrons. The number of hydrogen-bond donors (Lipinski definition) is 0. The average Bonchev–Trinajstić information content (AvgIpc) is 2.93. The first-order valence-electron chi connectivity index (χ1n) is 5.92. The zero-order chi connectivity index (χ0) is 13.6. The fraction of sp³-hybridized carbons (Fsp3) is 0.214. The molecule has 1 atom stereocenters. The summed E-state index contributed by atoms with van der Waals surface area (Å²) in [7, 11) is 1.70. The van der Waals surface area contributed by atoms with E-state index in [-0.39, 0.29) is 23.8 Å². The number of imidazole rings is 1. The van der Waals surface area contributed by atoms with E-state index in [1.54, 1.807) is 17.8 Å². The van der Waals surface area contributed by atoms with Gasteiger partial charge in [0.25, 0.3) is 0 Å². The largest absolute Gasteiger partial charge is 0.332 e. The standard InChI is InChI=1S/C14H11FN2O2/c1-17-5-4-16-14(17)13(19)11-7-8-6-9(15)2-3-10(8)12(11)18/h2-6,11H,7H2,1H3. The number of benzene rings is 1. The summed E-state index contributed by atoms with van der Waals surface area (Å²) in [6, 6.07) is 4.00. The highest BCUT2D eigenvalue weighted by Crippen LogP contribution is 2.29. The van der Waals surface area contributed by atoms with Crippen molar-refractivity contribution in [3.63, 3.8) is 0 Å². The number of Topliss-reactive ketones (excluding diaryl/α,β-unsaturated/α-hetero) is 2. The van der Waals surface area contributed by atoms with E-state index in [1.807, 2.05) is 0 Å². The van der Waals surface area contributed by atoms with Gasteiger partial charge in [-0.3, -0.25) is 9.59 Å². The lowest BCUT2D eigenvalue weighted by molar-refractivity contribution is 0.0814. The number of carbonyl (C=O) groups is 2. The molecule has 0 spiro atoms. The Morgan fingerprint density at radius 1 is 1.47 bits per heavy atom. The molecule has 2 aromatic rings. The smallest absolute Gasteiger partial charge is 0.209 e. The van der Waals surface area contributed by atoms with Gasteiger partial charge in [0.2, 0.25) is 5.78 Å². The van der Waals surface area contributed by atoms with Gasteiger partial charge in [-0.15, -0.1) is 0 Å². The van der Waals surface area contributed by atoms with Crippen LogP contribution in [0.2, 0.25) is 0 Å². The van der Waals surface area contributed by atoms with E-state index < -0.39 is 11.7 Å². The summed E-state index contributed by atoms with van der Waals surface area (Å²) >= 11 is 0. The molecule has 3 rings (SSSR count). The predicted octanol–water partition coefficient (Wildman–Crippen LogP) is 1.80. The zero-order valence-corrected chi connectivity index (χ0v) is 10.3. The third-order valence-electron chi connectivity index (χ3n) is 3.43. The molecule has 0 aliphatic heterocycles. The van der Waals surface area contributed by atoms with Gasteiger partial charge in [0.1, 0.15) is 5.82 Å². The van der Waals surface area contributed by atoms with E-state index in [2.05, 4.69) is 4.98 Å². The van der Waals surface area contributed by atoms with Gasteiger partial charge in [0.15, 0.2) is 11.6 Å². The van der Waals surface area contributed by atoms with Crippen molar-refractivity contribution in [3.05, 3.63) is 53.4 Å². The van der Waals surface area contributed by atoms with E-state index in [4.69, 9.17) is 0 Å². The Balaban J connectivity index is 1.96. The van der Waals surface area contributed by atoms with Crippen molar-refractivity contribution in [2.75, 3.05) is 0 Å². The molecule has 1 aromatic heterocycles. The molecule has 1 heterocycles. The molecule has 1 aromatic carbocycles. The topological polar surface area (TPSA) is 52.0 Å². The molecule has 0 saturated carbocycles. The van der Waals surface area contributed by atoms with Crippen LogP contribution in [0.15, 0.2) is 30.6 Å². The quantitative estimate of drug-likeness (QED) is 0.609. The highest BCUT2D eigenvalue weighted by atomic mass is 19.1. The molecule has 19 heavy (non-hydrogen) atoms. The van der Waals surface area contributed by atoms with Crippen LogP contribution in [0.1, 0.15) is 26.5 Å². The van der Waals surface area contributed by atoms with Crippen molar-refractivity contribution in [1.29, 1.82) is 0 Å². The third kappa shape index (κ3) is 1.78. The first kappa shape index (κ1) is 11.8. The number of ketones is 2. The molecule has 1 aliphatic rings. The Kier molecular flexibility index (Phi) is 2.55. The lowest BCUT2D eigenvalue weighted by Gasteiger charge is -2.06. The summed E-state index contributed by atoms with van der Waals surface area (Å²) < 4.78 is 14.7. The van der Waals surface area contributed by atoms with E-state index in [9.17, 15) is 14.0 Å². The average molecular weight is 258 g/mol. The van der Waals surface area contributed by atoms with Gasteiger partial charge in [-0.05, 0) is 30.2 Å². The van der Waals surface area contributed by atoms with Gasteiger partial charge < -0.3 is 4.57 Å². The van der Waals surface area contributed by atoms with Crippen LogP contribution in [-0.4, -0.2) is 21.1 Å². The molecule has 1 unspecified atom stereocenters. The molecular weight excluding hydrogens is 247 g/mol. The molecule has 0 radical (unpaired) electrons. The van der Waals surface area contributed by atoms with Gasteiger partial charge in [-0.1, -0.05) is 0 Å². The lowest BCUT2D eigenvalue weighted by atomic mass is 9.99. The number of rotatable bonds is 2. The monoisotopic (exact) mass is 258 g/mol. The van der Waals surface area contributed by atoms with Crippen molar-refractivity contribution in [1.82, 2.24) is 9.55 Å². The fourth-order valence-electron chi connectivity index (χ4n) is 2.44. The summed E-state index contributed by atoms with van der Waals surface area (Å²) in [5, 5.41) is 0. The van der Waals surface area contributed by atoms with Gasteiger partial charge in [0, 0.05) is 25.0 Å². The Morgan fingerprint density at radius 3 is 2.95 bits per heavy atom. The van der Waals surface area contributed by atoms with Crippen LogP contribution >= 0.6 is 0 Å². The summed E-state index contributed by atoms with van der Waals surface area (Å²) in [5.74, 6) is -1.47. The lowest BCUT2D eigenvalue weighted by Crippen LogP contribution is -2.23. The molecule has 0 saturated heterocycles. The summed E-state index contributed by atoms with van der Waals surface area (Å²) in [4.78, 5) is 28.4. The van der Waals surface area contributed by atoms with Crippen molar-refractivity contribution in [3.8, 4) is 0 Å². The maximum absolute atomic E-state index is 13.1. The maximum atomic E-state index is 13.1. The molecular formula is C14H11FN2O2. The second-order valence-corrected chi connectivity index (χ2v) is 4.65. The highest BCUT2D eigenvalue weighted by molar-refractivity contribution is 6.17. The Morgan fingerprint density at radius 2 is 2.26 bits per heavy atom. The minimum absolute atomic E-state index is 0.247. The number of aromatic nitrogens is 2. The number of fused-ring (bicyclic) bond motifs is 1. The van der Waals surface area contributed by atoms with E-state index in [0.29, 0.717) is 11.1 Å². The number of carbonyl (C=O) groups excluding carboxylic acids is 2. The van der Waals surface area contributed by atoms with Gasteiger partial charge in [-0.2, -0.15) is 0 Å². The van der Waals surface area contributed by atoms with Crippen LogP contribution in [0.25, 0.3) is 0 Å². The second kappa shape index (κ2) is 4.12. The van der Waals surface area contributed by atoms with Crippen molar-refractivity contribution in [2.24, 2.45) is 13.0 Å². The first-order valence-corrected chi connectivity index (χ1v) is 5.92. The van der Waals surface area contributed by atoms with Crippen LogP contribution < -0.4 is 0 Å². The second-order valence-electron chi connectivity index (χ2n) is 4.65. The van der Waals surface area contributed by atoms with E-state index >= 15 is 0 Å². The molecule has 0 amide bonds. The van der Waals surface area contributed by atoms with Crippen LogP contribution in [0, 0.1) is 11.7 Å². The normalized spacial score (nSPS) is 17.6. The van der Waals surface area contributed by atoms with Gasteiger partial charge in [-0.25, -0.2) is 9.37 Å². The number of aryl methyl sites for hydroxylation is 1. The van der Waals surface area contributed by atoms with Crippen molar-refractivity contribution < 1.29 is 14.0 Å². The molecule has 4 nitrogen and oxygen atoms in total. The minimum Gasteiger partial charge on any atom is -0.332 e. The summed E-state index contributed by atoms with van der Waals surface area (Å²) in [6.45, 7) is 0. The number of nitrogens with zero attached hydrogens (tertiary/aromatic N) is 2. The van der Waals surface area contributed by atoms with Crippen LogP contribution in [0.4, 0.5) is 4.39 Å². The SMILES string of the molecule is Cn1ccnc1C(=O)C1Cc2cc(F)ccc2C1=O. The minimum atomic E-state index is -0.780. The molecule has 1 aliphatic carbocycles. The van der Waals surface area contributed by atoms with E-state index in [0.717, 1.165) is 0 Å². The Hall–Kier alpha value is -2.30. The first-order chi connectivity index (χ1) is 9.08. The third-order valence-corrected chi connectivity index (χ3v) is 3.43. The maximum Gasteiger partial charge on any atom is 0.209 e. The van der Waals surface area contributed by atoms with Gasteiger partial charge in [0.05, 0.1) is 5.92 Å². The number of halogens is 1. The highest BCUT2D eigenvalue weighted by Gasteiger charge is 2.37. The Bertz CT molecular complexity index is 691. The predicted molar refractivity (Wildman–Crippen MR) is 65.5 cm³/mol. The summed E-state index contributed by atoms with van der Waals surface area (Å²) in [6.07, 6.45) is 3.41. The van der Waals surface area contributed by atoms with Crippen LogP contribution in [0.5, 0.6) is 0 Å².